The van der Waals surface area contributed by atoms with Crippen LogP contribution in [0.5, 0.6) is 0 Å². The Morgan fingerprint density at radius 3 is 2.70 bits per heavy atom. The lowest BCUT2D eigenvalue weighted by atomic mass is 10.2. The molecule has 0 aliphatic carbocycles. The molecule has 5 nitrogen and oxygen atoms in total. The zero-order chi connectivity index (χ0) is 14.8. The molecule has 20 heavy (non-hydrogen) atoms. The van der Waals surface area contributed by atoms with Gasteiger partial charge in [0.15, 0.2) is 0 Å². The van der Waals surface area contributed by atoms with E-state index in [1.807, 2.05) is 0 Å². The van der Waals surface area contributed by atoms with Crippen LogP contribution < -0.4 is 16.8 Å². The van der Waals surface area contributed by atoms with Crippen molar-refractivity contribution in [1.29, 1.82) is 0 Å². The third kappa shape index (κ3) is 2.97. The molecule has 0 radical (unpaired) electrons. The molecule has 0 aliphatic heterocycles. The lowest BCUT2D eigenvalue weighted by Gasteiger charge is -2.12. The summed E-state index contributed by atoms with van der Waals surface area (Å²) in [6.07, 6.45) is -2.25. The molecule has 0 aliphatic rings. The molecule has 0 saturated heterocycles. The molecule has 0 atom stereocenters. The number of hydrazine groups is 1. The van der Waals surface area contributed by atoms with Gasteiger partial charge in [0, 0.05) is 24.0 Å². The van der Waals surface area contributed by atoms with E-state index < -0.39 is 17.3 Å². The monoisotopic (exact) mass is 284 g/mol. The molecule has 0 fully saturated rings. The van der Waals surface area contributed by atoms with Crippen molar-refractivity contribution in [3.8, 4) is 0 Å². The Balaban J connectivity index is 2.41. The molecular formula is C12H11F3N4O. The second-order valence-corrected chi connectivity index (χ2v) is 4.04. The summed E-state index contributed by atoms with van der Waals surface area (Å²) in [5.41, 5.74) is 1.42. The first-order chi connectivity index (χ1) is 9.41. The van der Waals surface area contributed by atoms with Gasteiger partial charge >= 0.3 is 6.18 Å². The lowest BCUT2D eigenvalue weighted by Crippen LogP contribution is -2.23. The van der Waals surface area contributed by atoms with E-state index in [2.05, 4.69) is 10.4 Å². The van der Waals surface area contributed by atoms with E-state index in [1.165, 1.54) is 6.20 Å². The summed E-state index contributed by atoms with van der Waals surface area (Å²) in [6.45, 7) is -0.0594. The number of nitrogen functional groups attached to an aromatic ring is 1. The fourth-order valence-corrected chi connectivity index (χ4v) is 1.70. The minimum atomic E-state index is -4.50. The average molecular weight is 284 g/mol. The molecule has 0 bridgehead atoms. The number of rotatable bonds is 3. The Bertz CT molecular complexity index is 666. The van der Waals surface area contributed by atoms with Gasteiger partial charge in [0.05, 0.1) is 12.1 Å². The first-order valence-electron chi connectivity index (χ1n) is 5.60. The van der Waals surface area contributed by atoms with Crippen molar-refractivity contribution in [1.82, 2.24) is 9.55 Å². The maximum atomic E-state index is 12.6. The summed E-state index contributed by atoms with van der Waals surface area (Å²) in [7, 11) is 0. The van der Waals surface area contributed by atoms with Crippen LogP contribution in [0.3, 0.4) is 0 Å². The highest BCUT2D eigenvalue weighted by molar-refractivity contribution is 5.42. The van der Waals surface area contributed by atoms with Crippen molar-refractivity contribution in [2.24, 2.45) is 5.84 Å². The van der Waals surface area contributed by atoms with Gasteiger partial charge in [0.25, 0.3) is 5.56 Å². The molecule has 2 aromatic rings. The maximum absolute atomic E-state index is 12.6. The SMILES string of the molecule is NNc1ncccc1Cn1cc(C(F)(F)F)ccc1=O. The summed E-state index contributed by atoms with van der Waals surface area (Å²) in [5, 5.41) is 0. The quantitative estimate of drug-likeness (QED) is 0.663. The van der Waals surface area contributed by atoms with Gasteiger partial charge in [0.2, 0.25) is 0 Å². The average Bonchev–Trinajstić information content (AvgIpc) is 2.40. The third-order valence-electron chi connectivity index (χ3n) is 2.68. The van der Waals surface area contributed by atoms with Crippen LogP contribution >= 0.6 is 0 Å². The number of pyridine rings is 2. The summed E-state index contributed by atoms with van der Waals surface area (Å²) >= 11 is 0. The Morgan fingerprint density at radius 2 is 2.05 bits per heavy atom. The van der Waals surface area contributed by atoms with E-state index in [0.29, 0.717) is 11.4 Å². The maximum Gasteiger partial charge on any atom is 0.417 e. The van der Waals surface area contributed by atoms with Gasteiger partial charge < -0.3 is 9.99 Å². The Labute approximate surface area is 111 Å². The van der Waals surface area contributed by atoms with Crippen molar-refractivity contribution in [2.45, 2.75) is 12.7 Å². The van der Waals surface area contributed by atoms with Crippen LogP contribution in [0.25, 0.3) is 0 Å². The summed E-state index contributed by atoms with van der Waals surface area (Å²) in [6, 6.07) is 4.86. The predicted molar refractivity (Wildman–Crippen MR) is 66.9 cm³/mol. The largest absolute Gasteiger partial charge is 0.417 e. The standard InChI is InChI=1S/C12H11F3N4O/c13-12(14,15)9-3-4-10(20)19(7-9)6-8-2-1-5-17-11(8)18-16/h1-5,7H,6,16H2,(H,17,18). The number of halogens is 3. The Hall–Kier alpha value is -2.35. The number of anilines is 1. The highest BCUT2D eigenvalue weighted by Crippen LogP contribution is 2.28. The summed E-state index contributed by atoms with van der Waals surface area (Å²) in [5.74, 6) is 5.56. The van der Waals surface area contributed by atoms with Crippen LogP contribution in [0, 0.1) is 0 Å². The number of nitrogens with one attached hydrogen (secondary N) is 1. The van der Waals surface area contributed by atoms with Crippen LogP contribution in [0.15, 0.2) is 41.5 Å². The van der Waals surface area contributed by atoms with Crippen LogP contribution in [-0.2, 0) is 12.7 Å². The molecule has 2 rings (SSSR count). The van der Waals surface area contributed by atoms with Crippen LogP contribution in [-0.4, -0.2) is 9.55 Å². The first-order valence-corrected chi connectivity index (χ1v) is 5.60. The predicted octanol–water partition coefficient (Wildman–Crippen LogP) is 1.60. The molecule has 0 spiro atoms. The van der Waals surface area contributed by atoms with E-state index in [4.69, 9.17) is 5.84 Å². The van der Waals surface area contributed by atoms with Gasteiger partial charge in [-0.1, -0.05) is 6.07 Å². The second kappa shape index (κ2) is 5.33. The molecule has 0 amide bonds. The van der Waals surface area contributed by atoms with Crippen LogP contribution in [0.2, 0.25) is 0 Å². The highest BCUT2D eigenvalue weighted by Gasteiger charge is 2.31. The Kier molecular flexibility index (Phi) is 3.75. The number of alkyl halides is 3. The number of nitrogens with two attached hydrogens (primary N) is 1. The van der Waals surface area contributed by atoms with E-state index in [9.17, 15) is 18.0 Å². The third-order valence-corrected chi connectivity index (χ3v) is 2.68. The molecule has 0 saturated carbocycles. The van der Waals surface area contributed by atoms with Gasteiger partial charge in [0.1, 0.15) is 5.82 Å². The van der Waals surface area contributed by atoms with Crippen LogP contribution in [0.4, 0.5) is 19.0 Å². The fourth-order valence-electron chi connectivity index (χ4n) is 1.70. The van der Waals surface area contributed by atoms with Gasteiger partial charge in [-0.15, -0.1) is 0 Å². The first kappa shape index (κ1) is 14.1. The molecule has 2 aromatic heterocycles. The molecule has 0 unspecified atom stereocenters. The van der Waals surface area contributed by atoms with Gasteiger partial charge in [-0.05, 0) is 12.1 Å². The summed E-state index contributed by atoms with van der Waals surface area (Å²) < 4.78 is 38.8. The van der Waals surface area contributed by atoms with Gasteiger partial charge in [-0.3, -0.25) is 4.79 Å². The van der Waals surface area contributed by atoms with Crippen molar-refractivity contribution < 1.29 is 13.2 Å². The van der Waals surface area contributed by atoms with Crippen molar-refractivity contribution >= 4 is 5.82 Å². The number of hydrogen-bond donors (Lipinski definition) is 2. The van der Waals surface area contributed by atoms with Gasteiger partial charge in [-0.25, -0.2) is 10.8 Å². The second-order valence-electron chi connectivity index (χ2n) is 4.04. The van der Waals surface area contributed by atoms with Crippen LogP contribution in [0.1, 0.15) is 11.1 Å². The number of nitrogens with zero attached hydrogens (tertiary/aromatic N) is 2. The smallest absolute Gasteiger partial charge is 0.310 e. The molecule has 8 heteroatoms. The van der Waals surface area contributed by atoms with Crippen molar-refractivity contribution in [3.63, 3.8) is 0 Å². The molecule has 106 valence electrons. The molecule has 0 aromatic carbocycles. The zero-order valence-corrected chi connectivity index (χ0v) is 10.2. The van der Waals surface area contributed by atoms with E-state index in [0.717, 1.165) is 22.9 Å². The normalized spacial score (nSPS) is 11.4. The zero-order valence-electron chi connectivity index (χ0n) is 10.2. The summed E-state index contributed by atoms with van der Waals surface area (Å²) in [4.78, 5) is 15.5. The minimum Gasteiger partial charge on any atom is -0.310 e. The van der Waals surface area contributed by atoms with E-state index in [1.54, 1.807) is 12.1 Å². The number of hydrogen-bond acceptors (Lipinski definition) is 4. The Morgan fingerprint density at radius 1 is 1.30 bits per heavy atom. The fraction of sp³-hybridized carbons (Fsp3) is 0.167. The molecule has 2 heterocycles. The van der Waals surface area contributed by atoms with Crippen molar-refractivity contribution in [3.05, 3.63) is 58.1 Å². The van der Waals surface area contributed by atoms with Crippen molar-refractivity contribution in [2.75, 3.05) is 5.43 Å². The number of aromatic nitrogens is 2. The van der Waals surface area contributed by atoms with E-state index in [-0.39, 0.29) is 6.54 Å². The molecular weight excluding hydrogens is 273 g/mol. The highest BCUT2D eigenvalue weighted by atomic mass is 19.4. The minimum absolute atomic E-state index is 0.0594. The topological polar surface area (TPSA) is 72.9 Å². The van der Waals surface area contributed by atoms with E-state index >= 15 is 0 Å². The van der Waals surface area contributed by atoms with Gasteiger partial charge in [-0.2, -0.15) is 13.2 Å². The molecule has 3 N–H and O–H groups in total. The lowest BCUT2D eigenvalue weighted by molar-refractivity contribution is -0.138.